The van der Waals surface area contributed by atoms with Crippen molar-refractivity contribution in [2.75, 3.05) is 5.32 Å². The minimum atomic E-state index is -0.689. The number of anilines is 1. The molecule has 0 fully saturated rings. The van der Waals surface area contributed by atoms with Gasteiger partial charge in [-0.3, -0.25) is 4.79 Å². The van der Waals surface area contributed by atoms with E-state index in [9.17, 15) is 14.4 Å². The number of amides is 1. The van der Waals surface area contributed by atoms with E-state index < -0.39 is 11.7 Å². The van der Waals surface area contributed by atoms with Crippen LogP contribution in [0.2, 0.25) is 0 Å². The minimum absolute atomic E-state index is 0.0134. The fraction of sp³-hybridized carbons (Fsp3) is 0. The fourth-order valence-corrected chi connectivity index (χ4v) is 2.91. The van der Waals surface area contributed by atoms with Crippen molar-refractivity contribution in [1.29, 1.82) is 5.26 Å². The summed E-state index contributed by atoms with van der Waals surface area (Å²) < 4.78 is 19.2. The Hall–Kier alpha value is -4.24. The molecule has 1 aromatic heterocycles. The Kier molecular flexibility index (Phi) is 4.87. The zero-order chi connectivity index (χ0) is 20.2. The molecule has 4 rings (SSSR count). The van der Waals surface area contributed by atoms with Crippen molar-refractivity contribution in [3.63, 3.8) is 0 Å². The predicted octanol–water partition coefficient (Wildman–Crippen LogP) is 5.18. The first-order valence-electron chi connectivity index (χ1n) is 8.78. The number of rotatable bonds is 4. The molecular weight excluding hydrogens is 369 g/mol. The summed E-state index contributed by atoms with van der Waals surface area (Å²) in [6.07, 6.45) is 1.44. The van der Waals surface area contributed by atoms with E-state index in [0.29, 0.717) is 16.8 Å². The molecule has 0 atom stereocenters. The van der Waals surface area contributed by atoms with Crippen LogP contribution >= 0.6 is 0 Å². The van der Waals surface area contributed by atoms with Gasteiger partial charge in [-0.15, -0.1) is 0 Å². The number of hydrogen-bond acceptors (Lipinski definition) is 4. The van der Waals surface area contributed by atoms with E-state index in [0.717, 1.165) is 10.9 Å². The van der Waals surface area contributed by atoms with Gasteiger partial charge in [-0.05, 0) is 35.9 Å². The highest BCUT2D eigenvalue weighted by Crippen LogP contribution is 2.29. The summed E-state index contributed by atoms with van der Waals surface area (Å²) in [5.74, 6) is -0.659. The number of halogens is 1. The maximum Gasteiger partial charge on any atom is 0.266 e. The van der Waals surface area contributed by atoms with Crippen molar-refractivity contribution in [2.24, 2.45) is 0 Å². The van der Waals surface area contributed by atoms with E-state index >= 15 is 0 Å². The zero-order valence-corrected chi connectivity index (χ0v) is 15.1. The van der Waals surface area contributed by atoms with Crippen LogP contribution in [0, 0.1) is 17.1 Å². The summed E-state index contributed by atoms with van der Waals surface area (Å²) in [6.45, 7) is 0. The number of carbonyl (C=O) groups is 1. The number of para-hydroxylation sites is 1. The highest BCUT2D eigenvalue weighted by Gasteiger charge is 2.14. The Labute approximate surface area is 165 Å². The molecule has 3 aromatic carbocycles. The van der Waals surface area contributed by atoms with E-state index in [-0.39, 0.29) is 11.3 Å². The number of carbonyl (C=O) groups excluding carboxylic acids is 1. The predicted molar refractivity (Wildman–Crippen MR) is 108 cm³/mol. The third kappa shape index (κ3) is 3.75. The van der Waals surface area contributed by atoms with Crippen molar-refractivity contribution in [3.05, 3.63) is 89.8 Å². The van der Waals surface area contributed by atoms with Crippen LogP contribution in [0.1, 0.15) is 5.56 Å². The topological polar surface area (TPSA) is 78.9 Å². The van der Waals surface area contributed by atoms with Gasteiger partial charge in [0.05, 0.1) is 11.1 Å². The number of fused-ring (bicyclic) bond motifs is 1. The lowest BCUT2D eigenvalue weighted by molar-refractivity contribution is -0.112. The Morgan fingerprint density at radius 1 is 1.07 bits per heavy atom. The summed E-state index contributed by atoms with van der Waals surface area (Å²) in [5.41, 5.74) is 2.02. The fourth-order valence-electron chi connectivity index (χ4n) is 2.91. The van der Waals surface area contributed by atoms with Crippen molar-refractivity contribution < 1.29 is 13.7 Å². The van der Waals surface area contributed by atoms with Gasteiger partial charge in [0, 0.05) is 5.56 Å². The van der Waals surface area contributed by atoms with Gasteiger partial charge in [-0.1, -0.05) is 53.7 Å². The first-order chi connectivity index (χ1) is 14.2. The maximum absolute atomic E-state index is 13.8. The lowest BCUT2D eigenvalue weighted by Gasteiger charge is -2.05. The van der Waals surface area contributed by atoms with E-state index in [2.05, 4.69) is 10.5 Å². The normalized spacial score (nSPS) is 11.2. The molecule has 140 valence electrons. The Balaban J connectivity index is 1.68. The summed E-state index contributed by atoms with van der Waals surface area (Å²) in [6, 6.07) is 22.4. The molecule has 1 N–H and O–H groups in total. The van der Waals surface area contributed by atoms with Gasteiger partial charge < -0.3 is 9.84 Å². The molecule has 4 aromatic rings. The van der Waals surface area contributed by atoms with Gasteiger partial charge in [0.25, 0.3) is 5.91 Å². The van der Waals surface area contributed by atoms with E-state index in [4.69, 9.17) is 4.52 Å². The van der Waals surface area contributed by atoms with Crippen molar-refractivity contribution in [1.82, 2.24) is 5.16 Å². The lowest BCUT2D eigenvalue weighted by atomic mass is 10.0. The van der Waals surface area contributed by atoms with Crippen LogP contribution in [-0.4, -0.2) is 11.1 Å². The van der Waals surface area contributed by atoms with E-state index in [1.54, 1.807) is 24.3 Å². The molecule has 6 heteroatoms. The highest BCUT2D eigenvalue weighted by molar-refractivity contribution is 6.10. The number of benzene rings is 3. The second-order valence-electron chi connectivity index (χ2n) is 6.26. The number of nitrogens with zero attached hydrogens (tertiary/aromatic N) is 2. The minimum Gasteiger partial charge on any atom is -0.355 e. The molecule has 5 nitrogen and oxygen atoms in total. The molecule has 0 bridgehead atoms. The monoisotopic (exact) mass is 383 g/mol. The molecule has 0 radical (unpaired) electrons. The Morgan fingerprint density at radius 3 is 2.59 bits per heavy atom. The van der Waals surface area contributed by atoms with Gasteiger partial charge in [-0.2, -0.15) is 5.26 Å². The van der Waals surface area contributed by atoms with Crippen LogP contribution in [-0.2, 0) is 4.79 Å². The van der Waals surface area contributed by atoms with Gasteiger partial charge in [0.15, 0.2) is 5.76 Å². The Morgan fingerprint density at radius 2 is 1.83 bits per heavy atom. The average molecular weight is 383 g/mol. The number of aromatic nitrogens is 1. The highest BCUT2D eigenvalue weighted by atomic mass is 19.1. The molecule has 1 amide bonds. The lowest BCUT2D eigenvalue weighted by Crippen LogP contribution is -2.14. The first-order valence-corrected chi connectivity index (χ1v) is 8.78. The van der Waals surface area contributed by atoms with Gasteiger partial charge in [0.1, 0.15) is 23.0 Å². The quantitative estimate of drug-likeness (QED) is 0.389. The van der Waals surface area contributed by atoms with Crippen LogP contribution in [0.15, 0.2) is 82.9 Å². The van der Waals surface area contributed by atoms with Crippen molar-refractivity contribution >= 4 is 28.6 Å². The number of nitrogens with one attached hydrogen (secondary N) is 1. The van der Waals surface area contributed by atoms with Gasteiger partial charge in [-0.25, -0.2) is 4.39 Å². The standard InChI is InChI=1S/C23H14FN3O2/c24-19-8-4-5-9-21(19)26-23(28)17(14-25)12-15-10-11-20-18(13-15)22(29-27-20)16-6-2-1-3-7-16/h1-13H,(H,26,28)/b17-12+. The third-order valence-corrected chi connectivity index (χ3v) is 4.33. The SMILES string of the molecule is N#C/C(=C\c1ccc2noc(-c3ccccc3)c2c1)C(=O)Nc1ccccc1F. The molecule has 1 heterocycles. The molecule has 0 spiro atoms. The summed E-state index contributed by atoms with van der Waals surface area (Å²) in [7, 11) is 0. The maximum atomic E-state index is 13.8. The molecular formula is C23H14FN3O2. The largest absolute Gasteiger partial charge is 0.355 e. The smallest absolute Gasteiger partial charge is 0.266 e. The van der Waals surface area contributed by atoms with Crippen LogP contribution in [0.4, 0.5) is 10.1 Å². The average Bonchev–Trinajstić information content (AvgIpc) is 3.17. The molecule has 0 saturated heterocycles. The van der Waals surface area contributed by atoms with Crippen LogP contribution in [0.5, 0.6) is 0 Å². The summed E-state index contributed by atoms with van der Waals surface area (Å²) in [4.78, 5) is 12.4. The summed E-state index contributed by atoms with van der Waals surface area (Å²) >= 11 is 0. The van der Waals surface area contributed by atoms with E-state index in [1.807, 2.05) is 36.4 Å². The van der Waals surface area contributed by atoms with Crippen LogP contribution in [0.25, 0.3) is 28.3 Å². The van der Waals surface area contributed by atoms with Crippen molar-refractivity contribution in [3.8, 4) is 17.4 Å². The molecule has 0 unspecified atom stereocenters. The Bertz CT molecular complexity index is 1270. The first kappa shape index (κ1) is 18.1. The second kappa shape index (κ2) is 7.79. The third-order valence-electron chi connectivity index (χ3n) is 4.33. The molecule has 0 saturated carbocycles. The molecule has 0 aliphatic rings. The number of nitriles is 1. The van der Waals surface area contributed by atoms with Crippen LogP contribution in [0.3, 0.4) is 0 Å². The second-order valence-corrected chi connectivity index (χ2v) is 6.26. The molecule has 0 aliphatic heterocycles. The van der Waals surface area contributed by atoms with Crippen LogP contribution < -0.4 is 5.32 Å². The number of hydrogen-bond donors (Lipinski definition) is 1. The molecule has 29 heavy (non-hydrogen) atoms. The molecule has 0 aliphatic carbocycles. The zero-order valence-electron chi connectivity index (χ0n) is 15.1. The van der Waals surface area contributed by atoms with Gasteiger partial charge >= 0.3 is 0 Å². The van der Waals surface area contributed by atoms with Gasteiger partial charge in [0.2, 0.25) is 0 Å². The summed E-state index contributed by atoms with van der Waals surface area (Å²) in [5, 5.41) is 16.6. The van der Waals surface area contributed by atoms with Crippen molar-refractivity contribution in [2.45, 2.75) is 0 Å². The van der Waals surface area contributed by atoms with E-state index in [1.165, 1.54) is 24.3 Å².